The van der Waals surface area contributed by atoms with Crippen LogP contribution < -0.4 is 10.2 Å². The van der Waals surface area contributed by atoms with Gasteiger partial charge in [-0.25, -0.2) is 0 Å². The summed E-state index contributed by atoms with van der Waals surface area (Å²) in [5.74, 6) is 0. The lowest BCUT2D eigenvalue weighted by atomic mass is 10.1. The molecule has 1 aromatic rings. The van der Waals surface area contributed by atoms with Crippen molar-refractivity contribution in [1.29, 1.82) is 0 Å². The first-order valence-corrected chi connectivity index (χ1v) is 7.43. The van der Waals surface area contributed by atoms with E-state index in [1.807, 2.05) is 0 Å². The molecule has 19 heavy (non-hydrogen) atoms. The number of benzene rings is 1. The van der Waals surface area contributed by atoms with E-state index in [2.05, 4.69) is 41.4 Å². The van der Waals surface area contributed by atoms with Crippen LogP contribution in [0, 0.1) is 0 Å². The van der Waals surface area contributed by atoms with Crippen LogP contribution in [0.4, 0.5) is 5.69 Å². The van der Waals surface area contributed by atoms with Gasteiger partial charge < -0.3 is 15.0 Å². The molecule has 2 atom stereocenters. The maximum atomic E-state index is 5.62. The normalized spacial score (nSPS) is 25.4. The summed E-state index contributed by atoms with van der Waals surface area (Å²) in [6.45, 7) is 3.94. The number of nitrogens with one attached hydrogen (secondary N) is 1. The zero-order valence-electron chi connectivity index (χ0n) is 11.3. The Hall–Kier alpha value is -1.13. The second-order valence-electron chi connectivity index (χ2n) is 5.37. The molecule has 0 aromatic heterocycles. The Kier molecular flexibility index (Phi) is 3.71. The Labute approximate surface area is 119 Å². The Balaban J connectivity index is 1.66. The maximum absolute atomic E-state index is 5.62. The van der Waals surface area contributed by atoms with Crippen LogP contribution in [0.5, 0.6) is 0 Å². The molecule has 0 amide bonds. The van der Waals surface area contributed by atoms with E-state index in [0.717, 1.165) is 31.1 Å². The topological polar surface area (TPSA) is 24.5 Å². The number of fused-ring (bicyclic) bond motifs is 1. The van der Waals surface area contributed by atoms with Gasteiger partial charge in [0.2, 0.25) is 0 Å². The number of nitrogens with zero attached hydrogens (tertiary/aromatic N) is 1. The van der Waals surface area contributed by atoms with Gasteiger partial charge in [0.15, 0.2) is 5.11 Å². The Morgan fingerprint density at radius 1 is 1.47 bits per heavy atom. The van der Waals surface area contributed by atoms with Crippen molar-refractivity contribution >= 4 is 23.0 Å². The van der Waals surface area contributed by atoms with Gasteiger partial charge in [0.1, 0.15) is 0 Å². The third-order valence-electron chi connectivity index (χ3n) is 3.93. The largest absolute Gasteiger partial charge is 0.376 e. The first-order valence-electron chi connectivity index (χ1n) is 7.02. The Bertz CT molecular complexity index is 471. The minimum atomic E-state index is 0.325. The molecule has 2 heterocycles. The molecule has 4 heteroatoms. The molecular formula is C15H20N2OS. The fourth-order valence-corrected chi connectivity index (χ4v) is 3.33. The summed E-state index contributed by atoms with van der Waals surface area (Å²) in [6.07, 6.45) is 3.70. The van der Waals surface area contributed by atoms with Gasteiger partial charge in [-0.05, 0) is 50.0 Å². The molecule has 2 aliphatic rings. The van der Waals surface area contributed by atoms with Crippen molar-refractivity contribution in [1.82, 2.24) is 5.32 Å². The quantitative estimate of drug-likeness (QED) is 0.839. The van der Waals surface area contributed by atoms with Crippen LogP contribution in [0.15, 0.2) is 24.3 Å². The van der Waals surface area contributed by atoms with Crippen molar-refractivity contribution in [2.75, 3.05) is 18.1 Å². The maximum Gasteiger partial charge on any atom is 0.173 e. The molecule has 1 saturated heterocycles. The molecule has 0 aliphatic carbocycles. The second-order valence-corrected chi connectivity index (χ2v) is 5.76. The van der Waals surface area contributed by atoms with E-state index in [1.165, 1.54) is 17.7 Å². The SMILES string of the molecule is C[C@@H]1Cc2ccccc2N1C(=S)NC[C@H]1CCCO1. The van der Waals surface area contributed by atoms with Crippen LogP contribution in [0.3, 0.4) is 0 Å². The van der Waals surface area contributed by atoms with Crippen molar-refractivity contribution in [2.24, 2.45) is 0 Å². The highest BCUT2D eigenvalue weighted by molar-refractivity contribution is 7.80. The molecule has 0 radical (unpaired) electrons. The van der Waals surface area contributed by atoms with Crippen LogP contribution in [0.25, 0.3) is 0 Å². The van der Waals surface area contributed by atoms with Crippen LogP contribution in [-0.4, -0.2) is 30.4 Å². The van der Waals surface area contributed by atoms with Crippen molar-refractivity contribution in [2.45, 2.75) is 38.3 Å². The van der Waals surface area contributed by atoms with E-state index in [4.69, 9.17) is 17.0 Å². The smallest absolute Gasteiger partial charge is 0.173 e. The van der Waals surface area contributed by atoms with E-state index in [-0.39, 0.29) is 0 Å². The third-order valence-corrected chi connectivity index (χ3v) is 4.27. The van der Waals surface area contributed by atoms with Crippen LogP contribution in [0.2, 0.25) is 0 Å². The van der Waals surface area contributed by atoms with E-state index < -0.39 is 0 Å². The average Bonchev–Trinajstić information content (AvgIpc) is 3.02. The van der Waals surface area contributed by atoms with E-state index in [0.29, 0.717) is 12.1 Å². The van der Waals surface area contributed by atoms with Crippen molar-refractivity contribution in [3.05, 3.63) is 29.8 Å². The fraction of sp³-hybridized carbons (Fsp3) is 0.533. The van der Waals surface area contributed by atoms with Crippen molar-refractivity contribution in [3.8, 4) is 0 Å². The minimum Gasteiger partial charge on any atom is -0.376 e. The molecule has 102 valence electrons. The van der Waals surface area contributed by atoms with Gasteiger partial charge >= 0.3 is 0 Å². The lowest BCUT2D eigenvalue weighted by Gasteiger charge is -2.26. The molecule has 3 rings (SSSR count). The van der Waals surface area contributed by atoms with E-state index in [1.54, 1.807) is 0 Å². The lowest BCUT2D eigenvalue weighted by Crippen LogP contribution is -2.45. The highest BCUT2D eigenvalue weighted by atomic mass is 32.1. The second kappa shape index (κ2) is 5.47. The molecular weight excluding hydrogens is 256 g/mol. The van der Waals surface area contributed by atoms with Gasteiger partial charge in [0.05, 0.1) is 6.10 Å². The molecule has 1 aromatic carbocycles. The van der Waals surface area contributed by atoms with E-state index >= 15 is 0 Å². The van der Waals surface area contributed by atoms with Gasteiger partial charge in [0.25, 0.3) is 0 Å². The van der Waals surface area contributed by atoms with Crippen molar-refractivity contribution < 1.29 is 4.74 Å². The summed E-state index contributed by atoms with van der Waals surface area (Å²) in [7, 11) is 0. The van der Waals surface area contributed by atoms with Crippen LogP contribution >= 0.6 is 12.2 Å². The summed E-state index contributed by atoms with van der Waals surface area (Å²) >= 11 is 5.56. The summed E-state index contributed by atoms with van der Waals surface area (Å²) < 4.78 is 5.62. The zero-order valence-corrected chi connectivity index (χ0v) is 12.1. The van der Waals surface area contributed by atoms with E-state index in [9.17, 15) is 0 Å². The van der Waals surface area contributed by atoms with Crippen LogP contribution in [-0.2, 0) is 11.2 Å². The average molecular weight is 276 g/mol. The fourth-order valence-electron chi connectivity index (χ4n) is 2.97. The summed E-state index contributed by atoms with van der Waals surface area (Å²) in [6, 6.07) is 8.94. The Morgan fingerprint density at radius 3 is 3.11 bits per heavy atom. The first kappa shape index (κ1) is 12.9. The third kappa shape index (κ3) is 2.60. The van der Waals surface area contributed by atoms with Gasteiger partial charge in [0, 0.05) is 24.9 Å². The standard InChI is InChI=1S/C15H20N2OS/c1-11-9-12-5-2-3-7-14(12)17(11)15(19)16-10-13-6-4-8-18-13/h2-3,5,7,11,13H,4,6,8-10H2,1H3,(H,16,19)/t11-,13-/m1/s1. The predicted molar refractivity (Wildman–Crippen MR) is 81.7 cm³/mol. The highest BCUT2D eigenvalue weighted by Crippen LogP contribution is 2.31. The molecule has 2 aliphatic heterocycles. The number of ether oxygens (including phenoxy) is 1. The zero-order chi connectivity index (χ0) is 13.2. The predicted octanol–water partition coefficient (Wildman–Crippen LogP) is 2.49. The summed E-state index contributed by atoms with van der Waals surface area (Å²) in [5, 5.41) is 4.20. The number of anilines is 1. The molecule has 0 saturated carbocycles. The van der Waals surface area contributed by atoms with Gasteiger partial charge in [-0.3, -0.25) is 0 Å². The van der Waals surface area contributed by atoms with Gasteiger partial charge in [-0.15, -0.1) is 0 Å². The Morgan fingerprint density at radius 2 is 2.32 bits per heavy atom. The van der Waals surface area contributed by atoms with Crippen molar-refractivity contribution in [3.63, 3.8) is 0 Å². The summed E-state index contributed by atoms with van der Waals surface area (Å²) in [4.78, 5) is 2.24. The van der Waals surface area contributed by atoms with Gasteiger partial charge in [-0.1, -0.05) is 18.2 Å². The molecule has 1 fully saturated rings. The molecule has 3 nitrogen and oxygen atoms in total. The number of hydrogen-bond acceptors (Lipinski definition) is 2. The highest BCUT2D eigenvalue weighted by Gasteiger charge is 2.28. The monoisotopic (exact) mass is 276 g/mol. The van der Waals surface area contributed by atoms with Gasteiger partial charge in [-0.2, -0.15) is 0 Å². The first-order chi connectivity index (χ1) is 9.25. The number of para-hydroxylation sites is 1. The van der Waals surface area contributed by atoms with Crippen LogP contribution in [0.1, 0.15) is 25.3 Å². The molecule has 0 spiro atoms. The number of rotatable bonds is 2. The molecule has 0 bridgehead atoms. The molecule has 1 N–H and O–H groups in total. The molecule has 0 unspecified atom stereocenters. The number of hydrogen-bond donors (Lipinski definition) is 1. The lowest BCUT2D eigenvalue weighted by molar-refractivity contribution is 0.114. The number of thiocarbonyl (C=S) groups is 1. The minimum absolute atomic E-state index is 0.325. The summed E-state index contributed by atoms with van der Waals surface area (Å²) in [5.41, 5.74) is 2.64.